The molecule has 0 atom stereocenters. The first-order valence-electron chi connectivity index (χ1n) is 8.43. The number of amides is 1. The van der Waals surface area contributed by atoms with Crippen LogP contribution in [0.25, 0.3) is 10.9 Å². The molecule has 0 unspecified atom stereocenters. The van der Waals surface area contributed by atoms with Gasteiger partial charge in [-0.25, -0.2) is 9.59 Å². The number of fused-ring (bicyclic) bond motifs is 1. The molecule has 0 saturated heterocycles. The second-order valence-electron chi connectivity index (χ2n) is 7.41. The molecule has 1 saturated carbocycles. The summed E-state index contributed by atoms with van der Waals surface area (Å²) in [5.74, 6) is -0.422. The Morgan fingerprint density at radius 3 is 2.62 bits per heavy atom. The summed E-state index contributed by atoms with van der Waals surface area (Å²) in [5.41, 5.74) is 0.639. The Hall–Kier alpha value is -2.09. The summed E-state index contributed by atoms with van der Waals surface area (Å²) >= 11 is 3.42. The predicted octanol–water partition coefficient (Wildman–Crippen LogP) is 3.81. The molecule has 0 spiro atoms. The van der Waals surface area contributed by atoms with Crippen LogP contribution in [0.1, 0.15) is 50.1 Å². The van der Waals surface area contributed by atoms with E-state index >= 15 is 0 Å². The summed E-state index contributed by atoms with van der Waals surface area (Å²) in [7, 11) is 1.36. The average Bonchev–Trinajstić information content (AvgIpc) is 2.85. The third-order valence-electron chi connectivity index (χ3n) is 4.22. The molecule has 0 aliphatic heterocycles. The van der Waals surface area contributed by atoms with Gasteiger partial charge in [0.05, 0.1) is 18.7 Å². The van der Waals surface area contributed by atoms with Crippen molar-refractivity contribution in [3.63, 3.8) is 0 Å². The van der Waals surface area contributed by atoms with Crippen LogP contribution >= 0.6 is 15.9 Å². The summed E-state index contributed by atoms with van der Waals surface area (Å²) in [5, 5.41) is 8.17. The van der Waals surface area contributed by atoms with Crippen LogP contribution in [-0.2, 0) is 9.47 Å². The van der Waals surface area contributed by atoms with Crippen LogP contribution in [0, 0.1) is 0 Å². The quantitative estimate of drug-likeness (QED) is 0.758. The van der Waals surface area contributed by atoms with Crippen molar-refractivity contribution < 1.29 is 19.1 Å². The van der Waals surface area contributed by atoms with Gasteiger partial charge in [0.2, 0.25) is 0 Å². The van der Waals surface area contributed by atoms with Crippen LogP contribution in [0.4, 0.5) is 4.79 Å². The molecule has 140 valence electrons. The van der Waals surface area contributed by atoms with Crippen molar-refractivity contribution >= 4 is 38.9 Å². The van der Waals surface area contributed by atoms with E-state index in [9.17, 15) is 9.59 Å². The summed E-state index contributed by atoms with van der Waals surface area (Å²) in [4.78, 5) is 24.2. The highest BCUT2D eigenvalue weighted by molar-refractivity contribution is 9.10. The van der Waals surface area contributed by atoms with E-state index in [1.807, 2.05) is 39.0 Å². The minimum Gasteiger partial charge on any atom is -0.464 e. The molecule has 1 aliphatic rings. The number of methoxy groups -OCH3 is 1. The first-order valence-corrected chi connectivity index (χ1v) is 9.23. The monoisotopic (exact) mass is 423 g/mol. The summed E-state index contributed by atoms with van der Waals surface area (Å²) in [6.45, 7) is 5.48. The number of nitrogens with zero attached hydrogens (tertiary/aromatic N) is 2. The lowest BCUT2D eigenvalue weighted by Crippen LogP contribution is -2.47. The summed E-state index contributed by atoms with van der Waals surface area (Å²) in [6.07, 6.45) is 0.931. The molecular weight excluding hydrogens is 402 g/mol. The van der Waals surface area contributed by atoms with E-state index in [-0.39, 0.29) is 12.1 Å². The Morgan fingerprint density at radius 2 is 2.00 bits per heavy atom. The summed E-state index contributed by atoms with van der Waals surface area (Å²) in [6, 6.07) is 5.63. The Kier molecular flexibility index (Phi) is 4.96. The first-order chi connectivity index (χ1) is 12.2. The lowest BCUT2D eigenvalue weighted by atomic mass is 9.87. The predicted molar refractivity (Wildman–Crippen MR) is 100 cm³/mol. The zero-order valence-corrected chi connectivity index (χ0v) is 16.8. The highest BCUT2D eigenvalue weighted by Crippen LogP contribution is 2.36. The van der Waals surface area contributed by atoms with Gasteiger partial charge in [0, 0.05) is 15.9 Å². The van der Waals surface area contributed by atoms with Gasteiger partial charge in [0.15, 0.2) is 5.69 Å². The number of aromatic nitrogens is 2. The number of halogens is 1. The maximum Gasteiger partial charge on any atom is 0.407 e. The van der Waals surface area contributed by atoms with Crippen LogP contribution in [0.15, 0.2) is 22.7 Å². The molecule has 8 heteroatoms. The molecule has 0 bridgehead atoms. The number of hydrogen-bond donors (Lipinski definition) is 1. The maximum atomic E-state index is 12.3. The minimum absolute atomic E-state index is 0.000560. The fourth-order valence-electron chi connectivity index (χ4n) is 3.02. The number of carbonyl (C=O) groups excluding carboxylic acids is 2. The number of esters is 1. The van der Waals surface area contributed by atoms with Crippen molar-refractivity contribution in [2.45, 2.75) is 51.3 Å². The third-order valence-corrected chi connectivity index (χ3v) is 4.71. The number of benzene rings is 1. The fraction of sp³-hybridized carbons (Fsp3) is 0.500. The van der Waals surface area contributed by atoms with E-state index < -0.39 is 17.7 Å². The molecule has 1 aliphatic carbocycles. The molecule has 0 radical (unpaired) electrons. The molecule has 3 rings (SSSR count). The SMILES string of the molecule is COC(=O)c1c2cc(Br)ccc2nn1C1CC(NC(=O)OC(C)(C)C)C1. The van der Waals surface area contributed by atoms with E-state index in [0.717, 1.165) is 15.4 Å². The van der Waals surface area contributed by atoms with Crippen LogP contribution in [0.2, 0.25) is 0 Å². The van der Waals surface area contributed by atoms with Gasteiger partial charge >= 0.3 is 12.1 Å². The molecule has 1 aromatic heterocycles. The molecule has 1 fully saturated rings. The van der Waals surface area contributed by atoms with Crippen LogP contribution in [0.5, 0.6) is 0 Å². The Bertz CT molecular complexity index is 850. The van der Waals surface area contributed by atoms with Crippen molar-refractivity contribution in [2.24, 2.45) is 0 Å². The van der Waals surface area contributed by atoms with E-state index in [4.69, 9.17) is 9.47 Å². The highest BCUT2D eigenvalue weighted by Gasteiger charge is 2.36. The summed E-state index contributed by atoms with van der Waals surface area (Å²) < 4.78 is 12.8. The van der Waals surface area contributed by atoms with Gasteiger partial charge in [-0.2, -0.15) is 5.10 Å². The van der Waals surface area contributed by atoms with Gasteiger partial charge in [-0.1, -0.05) is 15.9 Å². The molecule has 1 aromatic carbocycles. The van der Waals surface area contributed by atoms with Crippen molar-refractivity contribution in [1.29, 1.82) is 0 Å². The first kappa shape index (κ1) is 18.7. The number of nitrogens with one attached hydrogen (secondary N) is 1. The Balaban J connectivity index is 1.76. The molecule has 1 heterocycles. The van der Waals surface area contributed by atoms with Crippen molar-refractivity contribution in [2.75, 3.05) is 7.11 Å². The van der Waals surface area contributed by atoms with Gasteiger partial charge < -0.3 is 14.8 Å². The van der Waals surface area contributed by atoms with E-state index in [2.05, 4.69) is 26.3 Å². The normalized spacial score (nSPS) is 19.7. The number of carbonyl (C=O) groups is 2. The van der Waals surface area contributed by atoms with Crippen molar-refractivity contribution in [1.82, 2.24) is 15.1 Å². The smallest absolute Gasteiger partial charge is 0.407 e. The lowest BCUT2D eigenvalue weighted by Gasteiger charge is -2.36. The number of rotatable bonds is 3. The molecule has 7 nitrogen and oxygen atoms in total. The number of ether oxygens (including phenoxy) is 2. The largest absolute Gasteiger partial charge is 0.464 e. The van der Waals surface area contributed by atoms with Gasteiger partial charge in [-0.15, -0.1) is 0 Å². The van der Waals surface area contributed by atoms with Gasteiger partial charge in [0.1, 0.15) is 5.60 Å². The van der Waals surface area contributed by atoms with Gasteiger partial charge in [-0.3, -0.25) is 4.68 Å². The highest BCUT2D eigenvalue weighted by atomic mass is 79.9. The van der Waals surface area contributed by atoms with Crippen LogP contribution < -0.4 is 5.32 Å². The Morgan fingerprint density at radius 1 is 1.31 bits per heavy atom. The second-order valence-corrected chi connectivity index (χ2v) is 8.33. The van der Waals surface area contributed by atoms with Crippen molar-refractivity contribution in [3.8, 4) is 0 Å². The third kappa shape index (κ3) is 3.85. The van der Waals surface area contributed by atoms with Gasteiger partial charge in [-0.05, 0) is 51.8 Å². The van der Waals surface area contributed by atoms with E-state index in [0.29, 0.717) is 18.5 Å². The molecule has 2 aromatic rings. The fourth-order valence-corrected chi connectivity index (χ4v) is 3.38. The zero-order valence-electron chi connectivity index (χ0n) is 15.2. The van der Waals surface area contributed by atoms with Crippen LogP contribution in [-0.4, -0.2) is 40.6 Å². The number of alkyl carbamates (subject to hydrolysis) is 1. The molecule has 1 N–H and O–H groups in total. The van der Waals surface area contributed by atoms with Crippen molar-refractivity contribution in [3.05, 3.63) is 28.4 Å². The lowest BCUT2D eigenvalue weighted by molar-refractivity contribution is 0.0441. The standard InChI is InChI=1S/C18H22BrN3O4/c1-18(2,3)26-17(24)20-11-8-12(9-11)22-15(16(23)25-4)13-7-10(19)5-6-14(13)21-22/h5-7,11-12H,8-9H2,1-4H3,(H,20,24). The topological polar surface area (TPSA) is 82.5 Å². The average molecular weight is 424 g/mol. The van der Waals surface area contributed by atoms with Gasteiger partial charge in [0.25, 0.3) is 0 Å². The molecule has 26 heavy (non-hydrogen) atoms. The minimum atomic E-state index is -0.529. The maximum absolute atomic E-state index is 12.3. The molecular formula is C18H22BrN3O4. The second kappa shape index (κ2) is 6.90. The van der Waals surface area contributed by atoms with E-state index in [1.165, 1.54) is 7.11 Å². The zero-order chi connectivity index (χ0) is 19.1. The van der Waals surface area contributed by atoms with Crippen LogP contribution in [0.3, 0.4) is 0 Å². The Labute approximate surface area is 160 Å². The molecule has 1 amide bonds. The number of hydrogen-bond acceptors (Lipinski definition) is 5. The van der Waals surface area contributed by atoms with E-state index in [1.54, 1.807) is 4.68 Å².